The molecule has 0 aromatic heterocycles. The number of halogens is 5. The Morgan fingerprint density at radius 2 is 0.947 bits per heavy atom. The van der Waals surface area contributed by atoms with E-state index in [1.165, 1.54) is 0 Å². The highest BCUT2D eigenvalue weighted by molar-refractivity contribution is 6.68. The van der Waals surface area contributed by atoms with Gasteiger partial charge in [0.05, 0.1) is 5.92 Å². The maximum absolute atomic E-state index is 6.11. The Balaban J connectivity index is 2.47. The lowest BCUT2D eigenvalue weighted by Gasteiger charge is -2.25. The summed E-state index contributed by atoms with van der Waals surface area (Å²) in [4.78, 5) is 0. The molecule has 0 fully saturated rings. The predicted octanol–water partition coefficient (Wildman–Crippen LogP) is 6.50. The molecule has 0 nitrogen and oxygen atoms in total. The third-order valence-electron chi connectivity index (χ3n) is 2.73. The van der Waals surface area contributed by atoms with Crippen molar-refractivity contribution in [3.8, 4) is 0 Å². The van der Waals surface area contributed by atoms with Crippen LogP contribution in [0.2, 0.25) is 10.0 Å². The molecule has 0 radical (unpaired) electrons. The van der Waals surface area contributed by atoms with Crippen LogP contribution in [0.4, 0.5) is 0 Å². The lowest BCUT2D eigenvalue weighted by molar-refractivity contribution is 0.839. The molecule has 5 heteroatoms. The normalized spacial score (nSPS) is 11.9. The Bertz CT molecular complexity index is 494. The van der Waals surface area contributed by atoms with Gasteiger partial charge in [-0.05, 0) is 35.4 Å². The highest BCUT2D eigenvalue weighted by atomic mass is 35.6. The minimum atomic E-state index is -1.46. The summed E-state index contributed by atoms with van der Waals surface area (Å²) < 4.78 is -1.46. The van der Waals surface area contributed by atoms with Crippen molar-refractivity contribution in [2.45, 2.75) is 9.71 Å². The van der Waals surface area contributed by atoms with Crippen LogP contribution in [-0.2, 0) is 0 Å². The lowest BCUT2D eigenvalue weighted by atomic mass is 10.6. The number of hydrogen-bond donors (Lipinski definition) is 0. The molecule has 0 heterocycles. The van der Waals surface area contributed by atoms with Crippen LogP contribution in [0.5, 0.6) is 0 Å². The van der Waals surface area contributed by atoms with Crippen LogP contribution >= 0.6 is 58.0 Å². The maximum Gasteiger partial charge on any atom is 0.201 e. The van der Waals surface area contributed by atoms with E-state index >= 15 is 0 Å². The summed E-state index contributed by atoms with van der Waals surface area (Å²) >= 11 is 30.1. The quantitative estimate of drug-likeness (QED) is 0.524. The molecule has 2 aromatic carbocycles. The van der Waals surface area contributed by atoms with Gasteiger partial charge in [-0.1, -0.05) is 82.3 Å². The van der Waals surface area contributed by atoms with Gasteiger partial charge < -0.3 is 0 Å². The van der Waals surface area contributed by atoms with E-state index in [2.05, 4.69) is 0 Å². The number of rotatable bonds is 2. The molecule has 2 aromatic rings. The van der Waals surface area contributed by atoms with Gasteiger partial charge in [0.15, 0.2) is 0 Å². The van der Waals surface area contributed by atoms with Crippen LogP contribution in [0.15, 0.2) is 48.5 Å². The van der Waals surface area contributed by atoms with Gasteiger partial charge in [-0.15, -0.1) is 0 Å². The Morgan fingerprint density at radius 1 is 0.632 bits per heavy atom. The van der Waals surface area contributed by atoms with E-state index in [0.29, 0.717) is 10.0 Å². The molecule has 0 aliphatic carbocycles. The zero-order chi connectivity index (χ0) is 14.0. The molecule has 0 saturated carbocycles. The Hall–Kier alpha value is -0.110. The van der Waals surface area contributed by atoms with E-state index in [1.807, 2.05) is 24.3 Å². The molecule has 0 bridgehead atoms. The minimum absolute atomic E-state index is 0.382. The van der Waals surface area contributed by atoms with Crippen LogP contribution in [0.3, 0.4) is 0 Å². The topological polar surface area (TPSA) is 0 Å². The lowest BCUT2D eigenvalue weighted by Crippen LogP contribution is -2.18. The molecular formula is C14H9Cl5. The van der Waals surface area contributed by atoms with E-state index in [4.69, 9.17) is 58.0 Å². The number of hydrogen-bond acceptors (Lipinski definition) is 0. The second-order valence-electron chi connectivity index (χ2n) is 4.08. The van der Waals surface area contributed by atoms with Gasteiger partial charge in [-0.25, -0.2) is 0 Å². The van der Waals surface area contributed by atoms with Crippen molar-refractivity contribution in [2.75, 3.05) is 0 Å². The van der Waals surface area contributed by atoms with Crippen LogP contribution in [-0.4, -0.2) is 3.79 Å². The molecule has 0 atom stereocenters. The Morgan fingerprint density at radius 3 is 1.21 bits per heavy atom. The first-order chi connectivity index (χ1) is 8.88. The predicted molar refractivity (Wildman–Crippen MR) is 85.0 cm³/mol. The summed E-state index contributed by atoms with van der Waals surface area (Å²) in [5.41, 5.74) is 1.76. The second-order valence-corrected chi connectivity index (χ2v) is 7.32. The fourth-order valence-corrected chi connectivity index (χ4v) is 2.89. The van der Waals surface area contributed by atoms with Crippen LogP contribution in [0.1, 0.15) is 17.0 Å². The number of benzene rings is 2. The fraction of sp³-hybridized carbons (Fsp3) is 0.143. The minimum Gasteiger partial charge on any atom is -0.0843 e. The van der Waals surface area contributed by atoms with Gasteiger partial charge in [0.2, 0.25) is 3.79 Å². The largest absolute Gasteiger partial charge is 0.201 e. The van der Waals surface area contributed by atoms with E-state index in [1.54, 1.807) is 24.3 Å². The molecular weight excluding hydrogens is 369 g/mol. The van der Waals surface area contributed by atoms with Crippen LogP contribution in [0, 0.1) is 0 Å². The van der Waals surface area contributed by atoms with Crippen molar-refractivity contribution in [1.82, 2.24) is 0 Å². The monoisotopic (exact) mass is 376 g/mol. The highest BCUT2D eigenvalue weighted by Gasteiger charge is 2.35. The first kappa shape index (κ1) is 15.3. The van der Waals surface area contributed by atoms with E-state index in [0.717, 1.165) is 11.1 Å². The maximum atomic E-state index is 6.11. The average Bonchev–Trinajstić information content (AvgIpc) is 2.33. The molecule has 100 valence electrons. The molecule has 0 unspecified atom stereocenters. The third kappa shape index (κ3) is 3.93. The average molecular weight is 378 g/mol. The van der Waals surface area contributed by atoms with Crippen molar-refractivity contribution in [3.05, 3.63) is 69.7 Å². The summed E-state index contributed by atoms with van der Waals surface area (Å²) in [6, 6.07) is 14.5. The van der Waals surface area contributed by atoms with Crippen LogP contribution < -0.4 is 0 Å². The van der Waals surface area contributed by atoms with Gasteiger partial charge in [-0.3, -0.25) is 0 Å². The van der Waals surface area contributed by atoms with Gasteiger partial charge in [0.25, 0.3) is 0 Å². The third-order valence-corrected chi connectivity index (χ3v) is 3.89. The Kier molecular flexibility index (Phi) is 4.92. The summed E-state index contributed by atoms with van der Waals surface area (Å²) in [5, 5.41) is 1.28. The van der Waals surface area contributed by atoms with Gasteiger partial charge >= 0.3 is 0 Å². The molecule has 19 heavy (non-hydrogen) atoms. The Labute approximate surface area is 137 Å². The van der Waals surface area contributed by atoms with Crippen molar-refractivity contribution in [3.63, 3.8) is 0 Å². The molecule has 0 saturated heterocycles. The van der Waals surface area contributed by atoms with Gasteiger partial charge in [0.1, 0.15) is 0 Å². The molecule has 0 aliphatic heterocycles. The SMILES string of the molecule is Cl[14c]1[14cH][14cH][14c](C([14c]2[14cH][14cH][14c](Cl)[14cH][14cH]2)C(Cl)(Cl)Cl)[14cH][14cH]1. The van der Waals surface area contributed by atoms with Crippen molar-refractivity contribution in [2.24, 2.45) is 0 Å². The summed E-state index contributed by atoms with van der Waals surface area (Å²) in [6.07, 6.45) is 0. The summed E-state index contributed by atoms with van der Waals surface area (Å²) in [6.45, 7) is 0. The summed E-state index contributed by atoms with van der Waals surface area (Å²) in [5.74, 6) is -0.382. The molecule has 0 N–H and O–H groups in total. The van der Waals surface area contributed by atoms with E-state index < -0.39 is 3.79 Å². The fourth-order valence-electron chi connectivity index (χ4n) is 1.88. The molecule has 0 amide bonds. The van der Waals surface area contributed by atoms with Crippen molar-refractivity contribution >= 4 is 58.0 Å². The molecule has 0 spiro atoms. The second kappa shape index (κ2) is 6.11. The van der Waals surface area contributed by atoms with Crippen LogP contribution in [0.25, 0.3) is 0 Å². The zero-order valence-electron chi connectivity index (χ0n) is 9.59. The van der Waals surface area contributed by atoms with Crippen molar-refractivity contribution in [1.29, 1.82) is 0 Å². The highest BCUT2D eigenvalue weighted by Crippen LogP contribution is 2.45. The first-order valence-corrected chi connectivity index (χ1v) is 7.34. The number of alkyl halides is 3. The molecule has 2 rings (SSSR count). The van der Waals surface area contributed by atoms with E-state index in [9.17, 15) is 0 Å². The summed E-state index contributed by atoms with van der Waals surface area (Å²) in [7, 11) is 0. The smallest absolute Gasteiger partial charge is 0.0843 e. The zero-order valence-corrected chi connectivity index (χ0v) is 13.4. The van der Waals surface area contributed by atoms with Gasteiger partial charge in [-0.2, -0.15) is 0 Å². The standard InChI is InChI=1S/C14H9Cl5/c15-11-5-1-9(2-6-11)13(14(17,18)19)10-3-7-12(16)8-4-10/h1-8,13H/i1+2,2+2,3+2,4+2,5+2,6+2,7+2,8+2,9+2,10+2,11+2,12+2. The van der Waals surface area contributed by atoms with Crippen molar-refractivity contribution < 1.29 is 0 Å². The van der Waals surface area contributed by atoms with Gasteiger partial charge in [0, 0.05) is 10.0 Å². The molecule has 0 aliphatic rings. The van der Waals surface area contributed by atoms with E-state index in [-0.39, 0.29) is 5.92 Å². The first-order valence-electron chi connectivity index (χ1n) is 5.45.